The van der Waals surface area contributed by atoms with Gasteiger partial charge in [0.2, 0.25) is 5.91 Å². The number of hydrogen-bond acceptors (Lipinski definition) is 3. The Balaban J connectivity index is 3.38. The lowest BCUT2D eigenvalue weighted by molar-refractivity contribution is -0.122. The first-order valence-electron chi connectivity index (χ1n) is 5.09. The molecule has 0 aromatic carbocycles. The molecule has 0 aromatic heterocycles. The maximum absolute atomic E-state index is 11.2. The smallest absolute Gasteiger partial charge is 0.222 e. The van der Waals surface area contributed by atoms with Gasteiger partial charge in [-0.25, -0.2) is 0 Å². The minimum atomic E-state index is -0.347. The molecule has 0 fully saturated rings. The van der Waals surface area contributed by atoms with Gasteiger partial charge in [0.1, 0.15) is 0 Å². The van der Waals surface area contributed by atoms with Gasteiger partial charge < -0.3 is 15.8 Å². The van der Waals surface area contributed by atoms with Gasteiger partial charge in [0.25, 0.3) is 0 Å². The van der Waals surface area contributed by atoms with Crippen LogP contribution in [-0.2, 0) is 9.53 Å². The number of nitrogens with two attached hydrogens (primary N) is 1. The number of carbonyl (C=O) groups excluding carboxylic acids is 1. The van der Waals surface area contributed by atoms with Crippen LogP contribution in [0.3, 0.4) is 0 Å². The Morgan fingerprint density at radius 2 is 2.07 bits per heavy atom. The summed E-state index contributed by atoms with van der Waals surface area (Å²) in [7, 11) is 0. The molecule has 0 aliphatic heterocycles. The van der Waals surface area contributed by atoms with Crippen molar-refractivity contribution in [2.75, 3.05) is 19.8 Å². The predicted octanol–water partition coefficient (Wildman–Crippen LogP) is 0.657. The van der Waals surface area contributed by atoms with Gasteiger partial charge in [-0.1, -0.05) is 6.92 Å². The van der Waals surface area contributed by atoms with Crippen LogP contribution in [0.2, 0.25) is 0 Å². The van der Waals surface area contributed by atoms with E-state index in [0.717, 1.165) is 13.0 Å². The van der Waals surface area contributed by atoms with Crippen molar-refractivity contribution in [3.63, 3.8) is 0 Å². The summed E-state index contributed by atoms with van der Waals surface area (Å²) in [6.45, 7) is 7.50. The normalized spacial score (nSPS) is 11.4. The zero-order chi connectivity index (χ0) is 11.0. The van der Waals surface area contributed by atoms with Crippen LogP contribution >= 0.6 is 0 Å². The van der Waals surface area contributed by atoms with Crippen LogP contribution in [0.1, 0.15) is 33.6 Å². The first-order chi connectivity index (χ1) is 6.45. The summed E-state index contributed by atoms with van der Waals surface area (Å²) in [5.74, 6) is -0.000344. The number of carbonyl (C=O) groups is 1. The van der Waals surface area contributed by atoms with Crippen molar-refractivity contribution in [1.29, 1.82) is 0 Å². The van der Waals surface area contributed by atoms with Gasteiger partial charge in [0.15, 0.2) is 0 Å². The molecule has 0 saturated carbocycles. The quantitative estimate of drug-likeness (QED) is 0.596. The molecule has 0 radical (unpaired) electrons. The van der Waals surface area contributed by atoms with Crippen LogP contribution in [0.5, 0.6) is 0 Å². The third-order valence-electron chi connectivity index (χ3n) is 1.56. The van der Waals surface area contributed by atoms with Gasteiger partial charge in [-0.15, -0.1) is 0 Å². The van der Waals surface area contributed by atoms with Crippen LogP contribution in [-0.4, -0.2) is 31.2 Å². The Bertz CT molecular complexity index is 164. The van der Waals surface area contributed by atoms with E-state index in [4.69, 9.17) is 10.5 Å². The van der Waals surface area contributed by atoms with Crippen LogP contribution in [0.4, 0.5) is 0 Å². The van der Waals surface area contributed by atoms with Gasteiger partial charge in [-0.2, -0.15) is 0 Å². The average Bonchev–Trinajstić information content (AvgIpc) is 2.08. The van der Waals surface area contributed by atoms with Gasteiger partial charge in [-0.05, 0) is 20.3 Å². The molecule has 0 saturated heterocycles. The van der Waals surface area contributed by atoms with Gasteiger partial charge in [0.05, 0.1) is 6.61 Å². The fourth-order valence-corrected chi connectivity index (χ4v) is 0.826. The van der Waals surface area contributed by atoms with Gasteiger partial charge in [-0.3, -0.25) is 4.79 Å². The number of nitrogens with one attached hydrogen (secondary N) is 1. The number of rotatable bonds is 7. The van der Waals surface area contributed by atoms with Crippen molar-refractivity contribution in [1.82, 2.24) is 5.32 Å². The second-order valence-corrected chi connectivity index (χ2v) is 4.13. The van der Waals surface area contributed by atoms with Crippen molar-refractivity contribution in [3.05, 3.63) is 0 Å². The molecule has 3 N–H and O–H groups in total. The van der Waals surface area contributed by atoms with Crippen molar-refractivity contribution in [3.8, 4) is 0 Å². The highest BCUT2D eigenvalue weighted by molar-refractivity contribution is 5.76. The van der Waals surface area contributed by atoms with Crippen molar-refractivity contribution < 1.29 is 9.53 Å². The maximum atomic E-state index is 11.2. The molecule has 4 nitrogen and oxygen atoms in total. The molecule has 4 heteroatoms. The number of ether oxygens (including phenoxy) is 1. The van der Waals surface area contributed by atoms with Crippen molar-refractivity contribution in [2.45, 2.75) is 39.2 Å². The minimum Gasteiger partial charge on any atom is -0.381 e. The summed E-state index contributed by atoms with van der Waals surface area (Å²) in [6, 6.07) is 0. The van der Waals surface area contributed by atoms with Crippen LogP contribution < -0.4 is 11.1 Å². The standard InChI is InChI=1S/C10H22N2O2/c1-4-6-14-7-5-9(13)12-8-10(2,3)11/h4-8,11H2,1-3H3,(H,12,13). The van der Waals surface area contributed by atoms with Crippen molar-refractivity contribution in [2.24, 2.45) is 5.73 Å². The zero-order valence-corrected chi connectivity index (χ0v) is 9.43. The minimum absolute atomic E-state index is 0.000344. The fourth-order valence-electron chi connectivity index (χ4n) is 0.826. The Labute approximate surface area is 86.2 Å². The highest BCUT2D eigenvalue weighted by Crippen LogP contribution is 1.93. The van der Waals surface area contributed by atoms with Crippen LogP contribution in [0, 0.1) is 0 Å². The molecule has 0 unspecified atom stereocenters. The summed E-state index contributed by atoms with van der Waals surface area (Å²) in [5, 5.41) is 2.76. The summed E-state index contributed by atoms with van der Waals surface area (Å²) in [4.78, 5) is 11.2. The lowest BCUT2D eigenvalue weighted by Crippen LogP contribution is -2.45. The molecule has 1 amide bonds. The third-order valence-corrected chi connectivity index (χ3v) is 1.56. The molecular formula is C10H22N2O2. The average molecular weight is 202 g/mol. The highest BCUT2D eigenvalue weighted by Gasteiger charge is 2.11. The van der Waals surface area contributed by atoms with E-state index in [0.29, 0.717) is 19.6 Å². The van der Waals surface area contributed by atoms with E-state index in [-0.39, 0.29) is 11.4 Å². The molecule has 0 aromatic rings. The largest absolute Gasteiger partial charge is 0.381 e. The first-order valence-corrected chi connectivity index (χ1v) is 5.09. The van der Waals surface area contributed by atoms with Gasteiger partial charge >= 0.3 is 0 Å². The van der Waals surface area contributed by atoms with E-state index in [1.807, 2.05) is 20.8 Å². The maximum Gasteiger partial charge on any atom is 0.222 e. The van der Waals surface area contributed by atoms with Crippen molar-refractivity contribution >= 4 is 5.91 Å². The Kier molecular flexibility index (Phi) is 6.49. The molecule has 0 aliphatic carbocycles. The highest BCUT2D eigenvalue weighted by atomic mass is 16.5. The lowest BCUT2D eigenvalue weighted by Gasteiger charge is -2.18. The van der Waals surface area contributed by atoms with E-state index < -0.39 is 0 Å². The Morgan fingerprint density at radius 1 is 1.43 bits per heavy atom. The summed E-state index contributed by atoms with van der Waals surface area (Å²) < 4.78 is 5.19. The van der Waals surface area contributed by atoms with E-state index in [2.05, 4.69) is 5.32 Å². The van der Waals surface area contributed by atoms with Crippen LogP contribution in [0.15, 0.2) is 0 Å². The monoisotopic (exact) mass is 202 g/mol. The van der Waals surface area contributed by atoms with E-state index in [1.165, 1.54) is 0 Å². The molecule has 14 heavy (non-hydrogen) atoms. The zero-order valence-electron chi connectivity index (χ0n) is 9.43. The summed E-state index contributed by atoms with van der Waals surface area (Å²) in [5.41, 5.74) is 5.37. The third kappa shape index (κ3) is 9.48. The molecule has 0 atom stereocenters. The second-order valence-electron chi connectivity index (χ2n) is 4.13. The molecule has 0 rings (SSSR count). The van der Waals surface area contributed by atoms with E-state index in [9.17, 15) is 4.79 Å². The Morgan fingerprint density at radius 3 is 2.57 bits per heavy atom. The molecule has 0 bridgehead atoms. The fraction of sp³-hybridized carbons (Fsp3) is 0.900. The SMILES string of the molecule is CCCOCCC(=O)NCC(C)(C)N. The summed E-state index contributed by atoms with van der Waals surface area (Å²) >= 11 is 0. The number of amides is 1. The second kappa shape index (κ2) is 6.79. The Hall–Kier alpha value is -0.610. The molecular weight excluding hydrogens is 180 g/mol. The number of hydrogen-bond donors (Lipinski definition) is 2. The molecule has 0 aliphatic rings. The lowest BCUT2D eigenvalue weighted by atomic mass is 10.1. The molecule has 84 valence electrons. The summed E-state index contributed by atoms with van der Waals surface area (Å²) in [6.07, 6.45) is 1.40. The predicted molar refractivity (Wildman–Crippen MR) is 57.0 cm³/mol. The molecule has 0 heterocycles. The van der Waals surface area contributed by atoms with E-state index >= 15 is 0 Å². The topological polar surface area (TPSA) is 64.3 Å². The van der Waals surface area contributed by atoms with E-state index in [1.54, 1.807) is 0 Å². The molecule has 0 spiro atoms. The first kappa shape index (κ1) is 13.4. The van der Waals surface area contributed by atoms with Gasteiger partial charge in [0, 0.05) is 25.1 Å². The van der Waals surface area contributed by atoms with Crippen LogP contribution in [0.25, 0.3) is 0 Å².